The van der Waals surface area contributed by atoms with Gasteiger partial charge in [-0.2, -0.15) is 0 Å². The van der Waals surface area contributed by atoms with Gasteiger partial charge in [0.1, 0.15) is 0 Å². The van der Waals surface area contributed by atoms with E-state index in [9.17, 15) is 9.90 Å². The Bertz CT molecular complexity index is 641. The lowest BCUT2D eigenvalue weighted by atomic mass is 10.1. The molecule has 0 spiro atoms. The van der Waals surface area contributed by atoms with E-state index in [1.165, 1.54) is 18.7 Å². The summed E-state index contributed by atoms with van der Waals surface area (Å²) in [5.41, 5.74) is 1.56. The van der Waals surface area contributed by atoms with E-state index in [1.54, 1.807) is 13.0 Å². The second-order valence-corrected chi connectivity index (χ2v) is 6.20. The molecule has 0 saturated heterocycles. The molecule has 1 amide bonds. The van der Waals surface area contributed by atoms with Crippen LogP contribution in [0, 0.1) is 0 Å². The Morgan fingerprint density at radius 2 is 1.90 bits per heavy atom. The number of carbonyl (C=O) groups is 1. The predicted molar refractivity (Wildman–Crippen MR) is 87.0 cm³/mol. The van der Waals surface area contributed by atoms with Gasteiger partial charge in [-0.25, -0.2) is 0 Å². The summed E-state index contributed by atoms with van der Waals surface area (Å²) in [4.78, 5) is 12.9. The number of carbonyl (C=O) groups excluding carboxylic acids is 1. The Hall–Kier alpha value is -1.49. The monoisotopic (exact) mass is 321 g/mol. The van der Waals surface area contributed by atoms with Crippen LogP contribution >= 0.6 is 23.4 Å². The van der Waals surface area contributed by atoms with Crippen LogP contribution in [0.4, 0.5) is 5.69 Å². The Morgan fingerprint density at radius 3 is 2.43 bits per heavy atom. The molecule has 0 fully saturated rings. The highest BCUT2D eigenvalue weighted by Gasteiger charge is 2.07. The number of benzene rings is 2. The fourth-order valence-corrected chi connectivity index (χ4v) is 2.92. The summed E-state index contributed by atoms with van der Waals surface area (Å²) >= 11 is 7.77. The molecule has 3 nitrogen and oxygen atoms in total. The van der Waals surface area contributed by atoms with Crippen molar-refractivity contribution in [1.82, 2.24) is 0 Å². The van der Waals surface area contributed by atoms with Crippen LogP contribution in [0.2, 0.25) is 5.02 Å². The van der Waals surface area contributed by atoms with Crippen LogP contribution in [0.1, 0.15) is 25.5 Å². The van der Waals surface area contributed by atoms with Crippen LogP contribution in [-0.4, -0.2) is 11.0 Å². The third-order valence-corrected chi connectivity index (χ3v) is 4.35. The van der Waals surface area contributed by atoms with Crippen molar-refractivity contribution in [3.05, 3.63) is 53.1 Å². The average Bonchev–Trinajstić information content (AvgIpc) is 2.42. The lowest BCUT2D eigenvalue weighted by Crippen LogP contribution is -2.05. The van der Waals surface area contributed by atoms with Gasteiger partial charge in [-0.1, -0.05) is 29.4 Å². The molecular formula is C16H16ClNO2S. The minimum atomic E-state index is -0.529. The first-order valence-corrected chi connectivity index (χ1v) is 7.68. The van der Waals surface area contributed by atoms with E-state index in [0.29, 0.717) is 5.02 Å². The zero-order chi connectivity index (χ0) is 15.4. The number of halogens is 1. The topological polar surface area (TPSA) is 49.3 Å². The lowest BCUT2D eigenvalue weighted by molar-refractivity contribution is -0.114. The molecule has 2 rings (SSSR count). The number of hydrogen-bond donors (Lipinski definition) is 2. The Kier molecular flexibility index (Phi) is 5.28. The quantitative estimate of drug-likeness (QED) is 0.871. The molecule has 21 heavy (non-hydrogen) atoms. The fraction of sp³-hybridized carbons (Fsp3) is 0.188. The van der Waals surface area contributed by atoms with Crippen molar-refractivity contribution in [3.8, 4) is 0 Å². The van der Waals surface area contributed by atoms with Crippen molar-refractivity contribution in [3.63, 3.8) is 0 Å². The van der Waals surface area contributed by atoms with Gasteiger partial charge in [0.25, 0.3) is 0 Å². The van der Waals surface area contributed by atoms with Crippen molar-refractivity contribution >= 4 is 35.0 Å². The third kappa shape index (κ3) is 4.49. The van der Waals surface area contributed by atoms with Gasteiger partial charge in [0, 0.05) is 22.4 Å². The third-order valence-electron chi connectivity index (χ3n) is 2.84. The van der Waals surface area contributed by atoms with E-state index in [0.717, 1.165) is 21.0 Å². The SMILES string of the molecule is CC(=O)Nc1ccc(Sc2ccc(C(C)O)cc2Cl)cc1. The first kappa shape index (κ1) is 15.9. The summed E-state index contributed by atoms with van der Waals surface area (Å²) in [6, 6.07) is 13.1. The molecule has 1 atom stereocenters. The average molecular weight is 322 g/mol. The van der Waals surface area contributed by atoms with Crippen LogP contribution in [0.3, 0.4) is 0 Å². The van der Waals surface area contributed by atoms with Gasteiger partial charge in [0.2, 0.25) is 5.91 Å². The fourth-order valence-electron chi connectivity index (χ4n) is 1.80. The molecule has 2 aromatic rings. The first-order valence-electron chi connectivity index (χ1n) is 6.48. The molecule has 0 aromatic heterocycles. The lowest BCUT2D eigenvalue weighted by Gasteiger charge is -2.09. The van der Waals surface area contributed by atoms with Gasteiger partial charge in [-0.05, 0) is 48.9 Å². The second-order valence-electron chi connectivity index (χ2n) is 4.67. The van der Waals surface area contributed by atoms with E-state index in [4.69, 9.17) is 11.6 Å². The summed E-state index contributed by atoms with van der Waals surface area (Å²) < 4.78 is 0. The van der Waals surface area contributed by atoms with Crippen molar-refractivity contribution in [2.24, 2.45) is 0 Å². The van der Waals surface area contributed by atoms with Gasteiger partial charge < -0.3 is 10.4 Å². The molecule has 0 radical (unpaired) electrons. The maximum Gasteiger partial charge on any atom is 0.221 e. The van der Waals surface area contributed by atoms with Gasteiger partial charge in [0.05, 0.1) is 11.1 Å². The Labute approximate surface area is 133 Å². The van der Waals surface area contributed by atoms with Crippen LogP contribution in [0.25, 0.3) is 0 Å². The molecule has 0 bridgehead atoms. The maximum absolute atomic E-state index is 11.0. The summed E-state index contributed by atoms with van der Waals surface area (Å²) in [6.07, 6.45) is -0.529. The molecule has 2 N–H and O–H groups in total. The van der Waals surface area contributed by atoms with Crippen molar-refractivity contribution in [2.75, 3.05) is 5.32 Å². The maximum atomic E-state index is 11.0. The summed E-state index contributed by atoms with van der Waals surface area (Å²) in [7, 11) is 0. The highest BCUT2D eigenvalue weighted by atomic mass is 35.5. The van der Waals surface area contributed by atoms with E-state index in [1.807, 2.05) is 36.4 Å². The molecular weight excluding hydrogens is 306 g/mol. The van der Waals surface area contributed by atoms with Crippen LogP contribution < -0.4 is 5.32 Å². The van der Waals surface area contributed by atoms with E-state index < -0.39 is 6.10 Å². The molecule has 0 saturated carbocycles. The van der Waals surface area contributed by atoms with Crippen LogP contribution in [0.5, 0.6) is 0 Å². The van der Waals surface area contributed by atoms with Crippen LogP contribution in [0.15, 0.2) is 52.3 Å². The second kappa shape index (κ2) is 6.98. The summed E-state index contributed by atoms with van der Waals surface area (Å²) in [5, 5.41) is 12.9. The van der Waals surface area contributed by atoms with Gasteiger partial charge in [-0.3, -0.25) is 4.79 Å². The van der Waals surface area contributed by atoms with E-state index in [2.05, 4.69) is 5.32 Å². The predicted octanol–water partition coefficient (Wildman–Crippen LogP) is 4.50. The van der Waals surface area contributed by atoms with Gasteiger partial charge >= 0.3 is 0 Å². The molecule has 0 aliphatic rings. The van der Waals surface area contributed by atoms with Crippen LogP contribution in [-0.2, 0) is 4.79 Å². The smallest absolute Gasteiger partial charge is 0.221 e. The number of nitrogens with one attached hydrogen (secondary N) is 1. The summed E-state index contributed by atoms with van der Waals surface area (Å²) in [5.74, 6) is -0.0906. The molecule has 1 unspecified atom stereocenters. The van der Waals surface area contributed by atoms with E-state index in [-0.39, 0.29) is 5.91 Å². The van der Waals surface area contributed by atoms with Gasteiger partial charge in [0.15, 0.2) is 0 Å². The van der Waals surface area contributed by atoms with Crippen molar-refractivity contribution in [2.45, 2.75) is 29.7 Å². The molecule has 110 valence electrons. The minimum Gasteiger partial charge on any atom is -0.389 e. The zero-order valence-electron chi connectivity index (χ0n) is 11.8. The number of amides is 1. The van der Waals surface area contributed by atoms with E-state index >= 15 is 0 Å². The number of hydrogen-bond acceptors (Lipinski definition) is 3. The Balaban J connectivity index is 2.13. The highest BCUT2D eigenvalue weighted by Crippen LogP contribution is 2.35. The molecule has 2 aromatic carbocycles. The molecule has 5 heteroatoms. The molecule has 0 aliphatic heterocycles. The first-order chi connectivity index (χ1) is 9.95. The van der Waals surface area contributed by atoms with Crippen molar-refractivity contribution in [1.29, 1.82) is 0 Å². The number of aliphatic hydroxyl groups excluding tert-OH is 1. The zero-order valence-corrected chi connectivity index (χ0v) is 13.3. The highest BCUT2D eigenvalue weighted by molar-refractivity contribution is 7.99. The number of anilines is 1. The Morgan fingerprint density at radius 1 is 1.24 bits per heavy atom. The van der Waals surface area contributed by atoms with Gasteiger partial charge in [-0.15, -0.1) is 0 Å². The normalized spacial score (nSPS) is 12.0. The molecule has 0 aliphatic carbocycles. The summed E-state index contributed by atoms with van der Waals surface area (Å²) in [6.45, 7) is 3.19. The largest absolute Gasteiger partial charge is 0.389 e. The van der Waals surface area contributed by atoms with Crippen molar-refractivity contribution < 1.29 is 9.90 Å². The standard InChI is InChI=1S/C16H16ClNO2S/c1-10(19)12-3-8-16(15(17)9-12)21-14-6-4-13(5-7-14)18-11(2)20/h3-10,19H,1-2H3,(H,18,20). The minimum absolute atomic E-state index is 0.0906. The number of rotatable bonds is 4. The molecule has 0 heterocycles. The number of aliphatic hydroxyl groups is 1.